The Morgan fingerprint density at radius 1 is 1.15 bits per heavy atom. The Balaban J connectivity index is 1.82. The molecule has 0 spiro atoms. The molecule has 0 radical (unpaired) electrons. The lowest BCUT2D eigenvalue weighted by atomic mass is 10.2. The summed E-state index contributed by atoms with van der Waals surface area (Å²) in [4.78, 5) is 17.4. The van der Waals surface area contributed by atoms with Gasteiger partial charge in [-0.1, -0.05) is 17.7 Å². The van der Waals surface area contributed by atoms with E-state index in [1.807, 2.05) is 25.1 Å². The van der Waals surface area contributed by atoms with Gasteiger partial charge in [0.15, 0.2) is 16.7 Å². The Morgan fingerprint density at radius 2 is 1.88 bits per heavy atom. The van der Waals surface area contributed by atoms with E-state index in [0.717, 1.165) is 17.8 Å². The quantitative estimate of drug-likeness (QED) is 0.735. The molecule has 0 aromatic heterocycles. The number of carbonyl (C=O) groups excluding carboxylic acids is 1. The first-order chi connectivity index (χ1) is 12.3. The summed E-state index contributed by atoms with van der Waals surface area (Å²) < 4.78 is 26.5. The van der Waals surface area contributed by atoms with E-state index in [1.54, 1.807) is 17.0 Å². The molecule has 0 unspecified atom stereocenters. The highest BCUT2D eigenvalue weighted by molar-refractivity contribution is 7.80. The predicted octanol–water partition coefficient (Wildman–Crippen LogP) is 3.82. The van der Waals surface area contributed by atoms with Crippen LogP contribution in [0.25, 0.3) is 0 Å². The molecule has 1 aliphatic rings. The van der Waals surface area contributed by atoms with Crippen molar-refractivity contribution in [3.63, 3.8) is 0 Å². The highest BCUT2D eigenvalue weighted by atomic mass is 35.5. The van der Waals surface area contributed by atoms with E-state index in [2.05, 4.69) is 0 Å². The van der Waals surface area contributed by atoms with Gasteiger partial charge >= 0.3 is 0 Å². The smallest absolute Gasteiger partial charge is 0.252 e. The molecule has 1 aliphatic heterocycles. The number of benzene rings is 2. The Morgan fingerprint density at radius 3 is 2.50 bits per heavy atom. The zero-order chi connectivity index (χ0) is 19.0. The lowest BCUT2D eigenvalue weighted by molar-refractivity contribution is -0.116. The summed E-state index contributed by atoms with van der Waals surface area (Å²) in [6.45, 7) is 0.271. The second-order valence-corrected chi connectivity index (χ2v) is 6.92. The van der Waals surface area contributed by atoms with Crippen molar-refractivity contribution in [3.05, 3.63) is 58.6 Å². The summed E-state index contributed by atoms with van der Waals surface area (Å²) in [6, 6.07) is 8.90. The van der Waals surface area contributed by atoms with Crippen LogP contribution in [0.5, 0.6) is 0 Å². The molecule has 0 aliphatic carbocycles. The molecule has 136 valence electrons. The molecule has 0 N–H and O–H groups in total. The molecular weight excluding hydrogens is 380 g/mol. The standard InChI is InChI=1S/C18H16ClF2N3OS/c1-22(2)16-6-4-12(8-13(16)19)24-17(25)10-23(18(24)26)9-11-3-5-14(20)15(21)7-11/h3-8H,9-10H2,1-2H3. The molecule has 8 heteroatoms. The highest BCUT2D eigenvalue weighted by Gasteiger charge is 2.34. The fourth-order valence-corrected chi connectivity index (χ4v) is 3.46. The number of hydrogen-bond acceptors (Lipinski definition) is 3. The largest absolute Gasteiger partial charge is 0.376 e. The second kappa shape index (κ2) is 7.17. The van der Waals surface area contributed by atoms with Crippen LogP contribution in [0.4, 0.5) is 20.2 Å². The minimum Gasteiger partial charge on any atom is -0.376 e. The molecule has 2 aromatic carbocycles. The van der Waals surface area contributed by atoms with Gasteiger partial charge in [0, 0.05) is 20.6 Å². The fraction of sp³-hybridized carbons (Fsp3) is 0.222. The summed E-state index contributed by atoms with van der Waals surface area (Å²) in [5, 5.41) is 0.801. The molecule has 26 heavy (non-hydrogen) atoms. The van der Waals surface area contributed by atoms with Crippen molar-refractivity contribution in [1.29, 1.82) is 0 Å². The Hall–Kier alpha value is -2.25. The minimum atomic E-state index is -0.929. The number of carbonyl (C=O) groups is 1. The third-order valence-corrected chi connectivity index (χ3v) is 4.81. The zero-order valence-electron chi connectivity index (χ0n) is 14.2. The Labute approximate surface area is 160 Å². The van der Waals surface area contributed by atoms with E-state index < -0.39 is 11.6 Å². The highest BCUT2D eigenvalue weighted by Crippen LogP contribution is 2.31. The number of thiocarbonyl (C=S) groups is 1. The van der Waals surface area contributed by atoms with Crippen LogP contribution in [-0.2, 0) is 11.3 Å². The number of amides is 1. The number of nitrogens with zero attached hydrogens (tertiary/aromatic N) is 3. The van der Waals surface area contributed by atoms with E-state index >= 15 is 0 Å². The van der Waals surface area contributed by atoms with Crippen molar-refractivity contribution in [2.75, 3.05) is 30.4 Å². The van der Waals surface area contributed by atoms with Crippen LogP contribution < -0.4 is 9.80 Å². The zero-order valence-corrected chi connectivity index (χ0v) is 15.7. The number of halogens is 3. The maximum atomic E-state index is 13.4. The van der Waals surface area contributed by atoms with Crippen LogP contribution in [0.1, 0.15) is 5.56 Å². The first-order valence-corrected chi connectivity index (χ1v) is 8.59. The number of rotatable bonds is 4. The van der Waals surface area contributed by atoms with Crippen molar-refractivity contribution >= 4 is 46.2 Å². The fourth-order valence-electron chi connectivity index (χ4n) is 2.78. The molecule has 0 bridgehead atoms. The van der Waals surface area contributed by atoms with E-state index in [4.69, 9.17) is 23.8 Å². The predicted molar refractivity (Wildman–Crippen MR) is 103 cm³/mol. The molecule has 0 saturated carbocycles. The van der Waals surface area contributed by atoms with Gasteiger partial charge in [-0.2, -0.15) is 0 Å². The van der Waals surface area contributed by atoms with Crippen LogP contribution in [0.15, 0.2) is 36.4 Å². The molecule has 3 rings (SSSR count). The molecule has 1 amide bonds. The van der Waals surface area contributed by atoms with Gasteiger partial charge in [0.2, 0.25) is 0 Å². The summed E-state index contributed by atoms with van der Waals surface area (Å²) in [6.07, 6.45) is 0. The van der Waals surface area contributed by atoms with Gasteiger partial charge in [0.1, 0.15) is 6.54 Å². The summed E-state index contributed by atoms with van der Waals surface area (Å²) in [5.74, 6) is -2.04. The first-order valence-electron chi connectivity index (χ1n) is 7.80. The average molecular weight is 396 g/mol. The minimum absolute atomic E-state index is 0.0604. The lowest BCUT2D eigenvalue weighted by Crippen LogP contribution is -2.32. The summed E-state index contributed by atoms with van der Waals surface area (Å²) in [7, 11) is 3.74. The number of anilines is 2. The van der Waals surface area contributed by atoms with Gasteiger partial charge in [-0.25, -0.2) is 8.78 Å². The van der Waals surface area contributed by atoms with Gasteiger partial charge in [-0.3, -0.25) is 9.69 Å². The van der Waals surface area contributed by atoms with E-state index in [9.17, 15) is 13.6 Å². The third-order valence-electron chi connectivity index (χ3n) is 4.07. The van der Waals surface area contributed by atoms with Crippen LogP contribution in [0.2, 0.25) is 5.02 Å². The molecule has 4 nitrogen and oxygen atoms in total. The molecule has 2 aromatic rings. The molecule has 0 atom stereocenters. The summed E-state index contributed by atoms with van der Waals surface area (Å²) in [5.41, 5.74) is 1.93. The average Bonchev–Trinajstić information content (AvgIpc) is 2.84. The molecule has 1 heterocycles. The van der Waals surface area contributed by atoms with Crippen LogP contribution in [0, 0.1) is 11.6 Å². The molecule has 1 saturated heterocycles. The summed E-state index contributed by atoms with van der Waals surface area (Å²) >= 11 is 11.7. The molecular formula is C18H16ClF2N3OS. The van der Waals surface area contributed by atoms with Gasteiger partial charge in [0.25, 0.3) is 5.91 Å². The van der Waals surface area contributed by atoms with Gasteiger partial charge < -0.3 is 9.80 Å². The van der Waals surface area contributed by atoms with E-state index in [-0.39, 0.29) is 19.0 Å². The monoisotopic (exact) mass is 395 g/mol. The lowest BCUT2D eigenvalue weighted by Gasteiger charge is -2.22. The maximum absolute atomic E-state index is 13.4. The van der Waals surface area contributed by atoms with Crippen LogP contribution in [-0.4, -0.2) is 36.6 Å². The van der Waals surface area contributed by atoms with E-state index in [1.165, 1.54) is 11.0 Å². The van der Waals surface area contributed by atoms with Crippen molar-refractivity contribution < 1.29 is 13.6 Å². The van der Waals surface area contributed by atoms with Crippen molar-refractivity contribution in [1.82, 2.24) is 4.90 Å². The Kier molecular flexibility index (Phi) is 5.11. The first kappa shape index (κ1) is 18.5. The van der Waals surface area contributed by atoms with Crippen molar-refractivity contribution in [3.8, 4) is 0 Å². The maximum Gasteiger partial charge on any atom is 0.252 e. The van der Waals surface area contributed by atoms with Gasteiger partial charge in [0.05, 0.1) is 16.4 Å². The van der Waals surface area contributed by atoms with Crippen molar-refractivity contribution in [2.24, 2.45) is 0 Å². The van der Waals surface area contributed by atoms with Gasteiger partial charge in [-0.05, 0) is 48.1 Å². The second-order valence-electron chi connectivity index (χ2n) is 6.15. The number of hydrogen-bond donors (Lipinski definition) is 0. The van der Waals surface area contributed by atoms with Crippen LogP contribution in [0.3, 0.4) is 0 Å². The van der Waals surface area contributed by atoms with Crippen LogP contribution >= 0.6 is 23.8 Å². The van der Waals surface area contributed by atoms with E-state index in [0.29, 0.717) is 21.4 Å². The normalized spacial score (nSPS) is 14.3. The third kappa shape index (κ3) is 3.50. The SMILES string of the molecule is CN(C)c1ccc(N2C(=O)CN(Cc3ccc(F)c(F)c3)C2=S)cc1Cl. The van der Waals surface area contributed by atoms with Gasteiger partial charge in [-0.15, -0.1) is 0 Å². The van der Waals surface area contributed by atoms with Crippen molar-refractivity contribution in [2.45, 2.75) is 6.54 Å². The Bertz CT molecular complexity index is 891. The molecule has 1 fully saturated rings. The topological polar surface area (TPSA) is 26.8 Å².